The molecule has 0 spiro atoms. The van der Waals surface area contributed by atoms with Gasteiger partial charge in [0.05, 0.1) is 11.0 Å². The number of fused-ring (bicyclic) bond motifs is 1. The highest BCUT2D eigenvalue weighted by atomic mass is 32.1. The predicted octanol–water partition coefficient (Wildman–Crippen LogP) is 4.31. The summed E-state index contributed by atoms with van der Waals surface area (Å²) < 4.78 is 3.02. The monoisotopic (exact) mass is 274 g/mol. The molecule has 92 valence electrons. The molecule has 0 radical (unpaired) electrons. The topological polar surface area (TPSA) is 20.7 Å². The molecule has 4 heteroatoms. The van der Waals surface area contributed by atoms with E-state index in [-0.39, 0.29) is 0 Å². The first-order valence-electron chi connectivity index (χ1n) is 5.96. The Labute approximate surface area is 115 Å². The van der Waals surface area contributed by atoms with Gasteiger partial charge in [-0.3, -0.25) is 0 Å². The first-order chi connectivity index (χ1) is 8.75. The smallest absolute Gasteiger partial charge is 0.178 e. The molecule has 0 bridgehead atoms. The number of nitrogens with one attached hydrogen (secondary N) is 1. The molecule has 0 aliphatic rings. The number of rotatable bonds is 3. The Kier molecular flexibility index (Phi) is 3.06. The van der Waals surface area contributed by atoms with E-state index in [0.717, 1.165) is 23.3 Å². The molecule has 1 N–H and O–H groups in total. The van der Waals surface area contributed by atoms with Crippen molar-refractivity contribution in [3.05, 3.63) is 50.9 Å². The molecule has 18 heavy (non-hydrogen) atoms. The van der Waals surface area contributed by atoms with E-state index in [1.807, 2.05) is 0 Å². The van der Waals surface area contributed by atoms with E-state index < -0.39 is 0 Å². The molecule has 0 fully saturated rings. The summed E-state index contributed by atoms with van der Waals surface area (Å²) in [5, 5.41) is 2.12. The van der Waals surface area contributed by atoms with Crippen LogP contribution in [0.1, 0.15) is 10.4 Å². The lowest BCUT2D eigenvalue weighted by Crippen LogP contribution is -2.01. The van der Waals surface area contributed by atoms with Gasteiger partial charge in [-0.2, -0.15) is 0 Å². The molecule has 0 unspecified atom stereocenters. The maximum Gasteiger partial charge on any atom is 0.178 e. The first kappa shape index (κ1) is 11.7. The summed E-state index contributed by atoms with van der Waals surface area (Å²) in [7, 11) is 0. The van der Waals surface area contributed by atoms with Gasteiger partial charge in [0.2, 0.25) is 0 Å². The van der Waals surface area contributed by atoms with Crippen LogP contribution in [0.25, 0.3) is 11.0 Å². The van der Waals surface area contributed by atoms with E-state index in [9.17, 15) is 0 Å². The van der Waals surface area contributed by atoms with Crippen LogP contribution in [0.3, 0.4) is 0 Å². The van der Waals surface area contributed by atoms with Gasteiger partial charge in [-0.15, -0.1) is 11.3 Å². The Bertz CT molecular complexity index is 720. The van der Waals surface area contributed by atoms with Gasteiger partial charge in [0.25, 0.3) is 0 Å². The van der Waals surface area contributed by atoms with Gasteiger partial charge in [-0.25, -0.2) is 0 Å². The molecule has 0 saturated carbocycles. The van der Waals surface area contributed by atoms with Crippen LogP contribution in [-0.4, -0.2) is 9.55 Å². The first-order valence-corrected chi connectivity index (χ1v) is 7.25. The van der Waals surface area contributed by atoms with Crippen molar-refractivity contribution >= 4 is 34.6 Å². The maximum absolute atomic E-state index is 5.42. The molecular weight excluding hydrogens is 260 g/mol. The predicted molar refractivity (Wildman–Crippen MR) is 79.9 cm³/mol. The van der Waals surface area contributed by atoms with Crippen molar-refractivity contribution in [2.75, 3.05) is 0 Å². The van der Waals surface area contributed by atoms with Crippen molar-refractivity contribution in [2.45, 2.75) is 19.9 Å². The van der Waals surface area contributed by atoms with Gasteiger partial charge in [0.15, 0.2) is 4.77 Å². The fraction of sp³-hybridized carbons (Fsp3) is 0.214. The number of imidazole rings is 1. The molecule has 3 aromatic rings. The highest BCUT2D eigenvalue weighted by Gasteiger charge is 2.06. The second-order valence-corrected chi connectivity index (χ2v) is 5.80. The fourth-order valence-corrected chi connectivity index (χ4v) is 3.28. The minimum Gasteiger partial charge on any atom is -0.331 e. The van der Waals surface area contributed by atoms with Gasteiger partial charge in [0, 0.05) is 11.4 Å². The second kappa shape index (κ2) is 4.71. The molecule has 2 aromatic heterocycles. The van der Waals surface area contributed by atoms with Crippen LogP contribution >= 0.6 is 23.6 Å². The minimum atomic E-state index is 0.816. The van der Waals surface area contributed by atoms with Crippen LogP contribution < -0.4 is 0 Å². The number of para-hydroxylation sites is 1. The van der Waals surface area contributed by atoms with Crippen molar-refractivity contribution in [3.63, 3.8) is 0 Å². The molecule has 0 amide bonds. The van der Waals surface area contributed by atoms with Crippen molar-refractivity contribution < 1.29 is 0 Å². The van der Waals surface area contributed by atoms with E-state index in [0.29, 0.717) is 0 Å². The summed E-state index contributed by atoms with van der Waals surface area (Å²) >= 11 is 7.22. The minimum absolute atomic E-state index is 0.816. The third kappa shape index (κ3) is 2.02. The number of aryl methyl sites for hydroxylation is 3. The number of hydrogen-bond acceptors (Lipinski definition) is 2. The Morgan fingerprint density at radius 1 is 1.28 bits per heavy atom. The lowest BCUT2D eigenvalue weighted by Gasteiger charge is -2.05. The average molecular weight is 274 g/mol. The number of nitrogens with zero attached hydrogens (tertiary/aromatic N) is 1. The molecule has 2 nitrogen and oxygen atoms in total. The van der Waals surface area contributed by atoms with Gasteiger partial charge >= 0.3 is 0 Å². The molecular formula is C14H14N2S2. The summed E-state index contributed by atoms with van der Waals surface area (Å²) in [6.45, 7) is 3.07. The average Bonchev–Trinajstić information content (AvgIpc) is 2.94. The van der Waals surface area contributed by atoms with Crippen LogP contribution in [0, 0.1) is 11.7 Å². The van der Waals surface area contributed by atoms with Crippen molar-refractivity contribution in [1.29, 1.82) is 0 Å². The normalized spacial score (nSPS) is 11.2. The summed E-state index contributed by atoms with van der Waals surface area (Å²) in [5.41, 5.74) is 3.64. The second-order valence-electron chi connectivity index (χ2n) is 4.38. The molecule has 0 aliphatic heterocycles. The Hall–Kier alpha value is -1.39. The number of aromatic nitrogens is 2. The maximum atomic E-state index is 5.42. The summed E-state index contributed by atoms with van der Waals surface area (Å²) in [6, 6.07) is 10.6. The Morgan fingerprint density at radius 3 is 2.94 bits per heavy atom. The zero-order chi connectivity index (χ0) is 12.5. The van der Waals surface area contributed by atoms with Crippen molar-refractivity contribution in [3.8, 4) is 0 Å². The number of hydrogen-bond donors (Lipinski definition) is 1. The molecule has 2 heterocycles. The van der Waals surface area contributed by atoms with Crippen molar-refractivity contribution in [2.24, 2.45) is 0 Å². The van der Waals surface area contributed by atoms with Gasteiger partial charge < -0.3 is 9.55 Å². The zero-order valence-electron chi connectivity index (χ0n) is 10.1. The zero-order valence-corrected chi connectivity index (χ0v) is 11.8. The lowest BCUT2D eigenvalue weighted by atomic mass is 10.2. The van der Waals surface area contributed by atoms with Crippen molar-refractivity contribution in [1.82, 2.24) is 9.55 Å². The van der Waals surface area contributed by atoms with E-state index in [1.165, 1.54) is 16.0 Å². The number of aromatic amines is 1. The highest BCUT2D eigenvalue weighted by molar-refractivity contribution is 7.71. The van der Waals surface area contributed by atoms with Crippen LogP contribution in [-0.2, 0) is 13.0 Å². The van der Waals surface area contributed by atoms with Gasteiger partial charge in [-0.1, -0.05) is 18.2 Å². The largest absolute Gasteiger partial charge is 0.331 e. The lowest BCUT2D eigenvalue weighted by molar-refractivity contribution is 0.711. The van der Waals surface area contributed by atoms with E-state index in [2.05, 4.69) is 52.2 Å². The fourth-order valence-electron chi connectivity index (χ4n) is 2.29. The highest BCUT2D eigenvalue weighted by Crippen LogP contribution is 2.19. The number of thiophene rings is 1. The molecule has 3 rings (SSSR count). The van der Waals surface area contributed by atoms with E-state index in [4.69, 9.17) is 12.2 Å². The molecule has 0 atom stereocenters. The van der Waals surface area contributed by atoms with Crippen LogP contribution in [0.4, 0.5) is 0 Å². The molecule has 0 aliphatic carbocycles. The summed E-state index contributed by atoms with van der Waals surface area (Å²) in [5.74, 6) is 0. The van der Waals surface area contributed by atoms with Gasteiger partial charge in [0.1, 0.15) is 0 Å². The van der Waals surface area contributed by atoms with Crippen LogP contribution in [0.15, 0.2) is 35.7 Å². The van der Waals surface area contributed by atoms with Crippen LogP contribution in [0.5, 0.6) is 0 Å². The SMILES string of the molecule is Cc1cccc2[nH]c(=S)n(CCc3cccs3)c12. The third-order valence-corrected chi connectivity index (χ3v) is 4.41. The molecule has 1 aromatic carbocycles. The third-order valence-electron chi connectivity index (χ3n) is 3.16. The molecule has 0 saturated heterocycles. The Balaban J connectivity index is 2.01. The van der Waals surface area contributed by atoms with E-state index in [1.54, 1.807) is 11.3 Å². The Morgan fingerprint density at radius 2 is 2.17 bits per heavy atom. The summed E-state index contributed by atoms with van der Waals surface area (Å²) in [6.07, 6.45) is 1.03. The number of H-pyrrole nitrogens is 1. The van der Waals surface area contributed by atoms with Crippen LogP contribution in [0.2, 0.25) is 0 Å². The van der Waals surface area contributed by atoms with E-state index >= 15 is 0 Å². The quantitative estimate of drug-likeness (QED) is 0.706. The summed E-state index contributed by atoms with van der Waals surface area (Å²) in [4.78, 5) is 4.68. The van der Waals surface area contributed by atoms with Gasteiger partial charge in [-0.05, 0) is 48.6 Å². The standard InChI is InChI=1S/C14H14N2S2/c1-10-4-2-6-12-13(10)16(14(17)15-12)8-7-11-5-3-9-18-11/h2-6,9H,7-8H2,1H3,(H,15,17). The number of benzene rings is 1.